The normalized spacial score (nSPS) is 13.7. The number of unbranched alkanes of at least 4 members (excludes halogenated alkanes) is 2. The van der Waals surface area contributed by atoms with Gasteiger partial charge < -0.3 is 9.80 Å². The van der Waals surface area contributed by atoms with E-state index in [1.165, 1.54) is 103 Å². The Labute approximate surface area is 419 Å². The number of anilines is 6. The van der Waals surface area contributed by atoms with E-state index in [0.29, 0.717) is 0 Å². The molecule has 3 aliphatic rings. The second-order valence-electron chi connectivity index (χ2n) is 20.5. The van der Waals surface area contributed by atoms with Crippen LogP contribution in [0.25, 0.3) is 32.7 Å². The largest absolute Gasteiger partial charge is 0.310 e. The minimum absolute atomic E-state index is 0.209. The van der Waals surface area contributed by atoms with Crippen LogP contribution in [0.5, 0.6) is 0 Å². The number of hydrogen-bond donors (Lipinski definition) is 0. The fourth-order valence-electron chi connectivity index (χ4n) is 12.5. The van der Waals surface area contributed by atoms with Crippen molar-refractivity contribution in [3.05, 3.63) is 263 Å². The standard InChI is InChI=1S/C69H60N2/c1-3-23-57(24-4-1)70(67-29-15-21-53-19-7-9-27-61(53)67)59-39-41-63-64-42-40-60(71(58-25-5-2-6-26-58)68-30-16-22-54-20-8-10-28-62(54)68)48-66(64)69(65(63)47-59,43-13-11-17-49-31-33-51-35-37-55(51)45-49)44-14-12-18-50-32-34-52-36-38-56(52)46-50/h1-10,15-16,19-34,39-42,45-48H,11-14,17-18,35-38,43-44H2. The molecule has 71 heavy (non-hydrogen) atoms. The molecule has 10 aromatic rings. The molecular formula is C69H60N2. The SMILES string of the molecule is c1ccc(N(c2ccc3c(c2)C(CCCCc2ccc4c(c2)CC4)(CCCCc2ccc4c(c2)CC4)c2cc(N(c4ccccc4)c4cccc5ccccc45)ccc2-3)c2cccc3ccccc23)cc1. The average Bonchev–Trinajstić information content (AvgIpc) is 3.66. The second kappa shape index (κ2) is 18.6. The van der Waals surface area contributed by atoms with Crippen molar-refractivity contribution in [1.29, 1.82) is 0 Å². The summed E-state index contributed by atoms with van der Waals surface area (Å²) in [5.41, 5.74) is 21.8. The van der Waals surface area contributed by atoms with Crippen LogP contribution in [0.4, 0.5) is 34.1 Å². The van der Waals surface area contributed by atoms with Gasteiger partial charge in [-0.3, -0.25) is 0 Å². The molecule has 0 spiro atoms. The van der Waals surface area contributed by atoms with Gasteiger partial charge in [-0.05, 0) is 191 Å². The highest BCUT2D eigenvalue weighted by atomic mass is 15.1. The minimum Gasteiger partial charge on any atom is -0.310 e. The van der Waals surface area contributed by atoms with E-state index in [1.54, 1.807) is 22.3 Å². The third kappa shape index (κ3) is 8.00. The molecule has 0 atom stereocenters. The molecule has 2 heteroatoms. The Morgan fingerprint density at radius 3 is 1.18 bits per heavy atom. The van der Waals surface area contributed by atoms with Gasteiger partial charge in [0.25, 0.3) is 0 Å². The van der Waals surface area contributed by atoms with Crippen LogP contribution in [-0.4, -0.2) is 0 Å². The first kappa shape index (κ1) is 43.3. The number of aryl methyl sites for hydroxylation is 6. The lowest BCUT2D eigenvalue weighted by Crippen LogP contribution is -2.26. The zero-order chi connectivity index (χ0) is 47.1. The lowest BCUT2D eigenvalue weighted by Gasteiger charge is -2.35. The summed E-state index contributed by atoms with van der Waals surface area (Å²) in [6, 6.07) is 82.8. The Balaban J connectivity index is 0.969. The van der Waals surface area contributed by atoms with Crippen LogP contribution in [0.1, 0.15) is 83.0 Å². The van der Waals surface area contributed by atoms with Crippen molar-refractivity contribution < 1.29 is 0 Å². The molecule has 0 radical (unpaired) electrons. The quantitative estimate of drug-likeness (QED) is 0.0891. The van der Waals surface area contributed by atoms with Crippen LogP contribution in [0, 0.1) is 0 Å². The Hall–Kier alpha value is -7.68. The van der Waals surface area contributed by atoms with Crippen LogP contribution in [0.2, 0.25) is 0 Å². The van der Waals surface area contributed by atoms with E-state index in [-0.39, 0.29) is 5.41 Å². The van der Waals surface area contributed by atoms with E-state index in [1.807, 2.05) is 0 Å². The maximum Gasteiger partial charge on any atom is 0.0540 e. The predicted molar refractivity (Wildman–Crippen MR) is 300 cm³/mol. The fraction of sp³-hybridized carbons (Fsp3) is 0.188. The zero-order valence-corrected chi connectivity index (χ0v) is 40.7. The number of benzene rings is 10. The first-order valence-corrected chi connectivity index (χ1v) is 26.3. The van der Waals surface area contributed by atoms with Crippen molar-refractivity contribution in [3.8, 4) is 11.1 Å². The Bertz CT molecular complexity index is 3320. The molecule has 0 saturated carbocycles. The lowest BCUT2D eigenvalue weighted by atomic mass is 9.70. The molecule has 0 fully saturated rings. The summed E-state index contributed by atoms with van der Waals surface area (Å²) in [5.74, 6) is 0. The molecule has 0 aliphatic heterocycles. The van der Waals surface area contributed by atoms with Crippen molar-refractivity contribution in [3.63, 3.8) is 0 Å². The highest BCUT2D eigenvalue weighted by molar-refractivity contribution is 6.01. The van der Waals surface area contributed by atoms with Crippen LogP contribution < -0.4 is 9.80 Å². The number of nitrogens with zero attached hydrogens (tertiary/aromatic N) is 2. The number of rotatable bonds is 16. The maximum absolute atomic E-state index is 2.61. The minimum atomic E-state index is -0.209. The zero-order valence-electron chi connectivity index (χ0n) is 40.7. The van der Waals surface area contributed by atoms with Gasteiger partial charge in [-0.2, -0.15) is 0 Å². The van der Waals surface area contributed by atoms with Gasteiger partial charge >= 0.3 is 0 Å². The molecule has 2 nitrogen and oxygen atoms in total. The lowest BCUT2D eigenvalue weighted by molar-refractivity contribution is 0.407. The second-order valence-corrected chi connectivity index (χ2v) is 20.5. The Morgan fingerprint density at radius 2 is 0.746 bits per heavy atom. The molecule has 0 unspecified atom stereocenters. The molecule has 0 saturated heterocycles. The summed E-state index contributed by atoms with van der Waals surface area (Å²) in [5, 5.41) is 4.99. The summed E-state index contributed by atoms with van der Waals surface area (Å²) < 4.78 is 0. The van der Waals surface area contributed by atoms with Gasteiger partial charge in [0.15, 0.2) is 0 Å². The van der Waals surface area contributed by atoms with E-state index in [9.17, 15) is 0 Å². The molecule has 0 heterocycles. The van der Waals surface area contributed by atoms with Crippen LogP contribution >= 0.6 is 0 Å². The highest BCUT2D eigenvalue weighted by Gasteiger charge is 2.43. The molecular weight excluding hydrogens is 857 g/mol. The summed E-state index contributed by atoms with van der Waals surface area (Å²) in [7, 11) is 0. The van der Waals surface area contributed by atoms with Gasteiger partial charge in [-0.1, -0.05) is 171 Å². The first-order valence-electron chi connectivity index (χ1n) is 26.3. The van der Waals surface area contributed by atoms with Crippen molar-refractivity contribution in [2.75, 3.05) is 9.80 Å². The third-order valence-corrected chi connectivity index (χ3v) is 16.4. The molecule has 3 aliphatic carbocycles. The summed E-state index contributed by atoms with van der Waals surface area (Å²) in [4.78, 5) is 5.02. The summed E-state index contributed by atoms with van der Waals surface area (Å²) in [6.07, 6.45) is 14.0. The molecule has 10 aromatic carbocycles. The van der Waals surface area contributed by atoms with Crippen molar-refractivity contribution >= 4 is 55.7 Å². The summed E-state index contributed by atoms with van der Waals surface area (Å²) in [6.45, 7) is 0. The fourth-order valence-corrected chi connectivity index (χ4v) is 12.5. The van der Waals surface area contributed by atoms with Gasteiger partial charge in [0.1, 0.15) is 0 Å². The highest BCUT2D eigenvalue weighted by Crippen LogP contribution is 2.57. The van der Waals surface area contributed by atoms with Crippen molar-refractivity contribution in [1.82, 2.24) is 0 Å². The molecule has 13 rings (SSSR count). The summed E-state index contributed by atoms with van der Waals surface area (Å²) >= 11 is 0. The molecule has 0 N–H and O–H groups in total. The van der Waals surface area contributed by atoms with E-state index in [2.05, 4.69) is 228 Å². The third-order valence-electron chi connectivity index (χ3n) is 16.4. The maximum atomic E-state index is 2.61. The number of para-hydroxylation sites is 2. The van der Waals surface area contributed by atoms with Crippen molar-refractivity contribution in [2.24, 2.45) is 0 Å². The van der Waals surface area contributed by atoms with E-state index in [4.69, 9.17) is 0 Å². The van der Waals surface area contributed by atoms with Crippen LogP contribution in [0.15, 0.2) is 218 Å². The van der Waals surface area contributed by atoms with E-state index < -0.39 is 0 Å². The topological polar surface area (TPSA) is 6.48 Å². The van der Waals surface area contributed by atoms with Gasteiger partial charge in [0.05, 0.1) is 11.4 Å². The monoisotopic (exact) mass is 916 g/mol. The van der Waals surface area contributed by atoms with Crippen LogP contribution in [0.3, 0.4) is 0 Å². The van der Waals surface area contributed by atoms with Gasteiger partial charge in [-0.15, -0.1) is 0 Å². The molecule has 346 valence electrons. The Kier molecular flexibility index (Phi) is 11.3. The smallest absolute Gasteiger partial charge is 0.0540 e. The molecule has 0 aromatic heterocycles. The Morgan fingerprint density at radius 1 is 0.324 bits per heavy atom. The van der Waals surface area contributed by atoms with E-state index in [0.717, 1.165) is 62.7 Å². The molecule has 0 amide bonds. The van der Waals surface area contributed by atoms with Gasteiger partial charge in [0.2, 0.25) is 0 Å². The van der Waals surface area contributed by atoms with Crippen LogP contribution in [-0.2, 0) is 43.9 Å². The number of fused-ring (bicyclic) bond motifs is 7. The van der Waals surface area contributed by atoms with Gasteiger partial charge in [0, 0.05) is 38.9 Å². The van der Waals surface area contributed by atoms with E-state index >= 15 is 0 Å². The molecule has 0 bridgehead atoms. The predicted octanol–water partition coefficient (Wildman–Crippen LogP) is 18.2. The first-order chi connectivity index (χ1) is 35.2. The van der Waals surface area contributed by atoms with Crippen molar-refractivity contribution in [2.45, 2.75) is 82.5 Å². The van der Waals surface area contributed by atoms with Gasteiger partial charge in [-0.25, -0.2) is 0 Å². The average molecular weight is 917 g/mol. The number of hydrogen-bond acceptors (Lipinski definition) is 2.